The summed E-state index contributed by atoms with van der Waals surface area (Å²) in [5.74, 6) is -0.601. The average molecular weight is 488 g/mol. The van der Waals surface area contributed by atoms with Crippen molar-refractivity contribution >= 4 is 17.9 Å². The van der Waals surface area contributed by atoms with E-state index in [1.54, 1.807) is 36.4 Å². The van der Waals surface area contributed by atoms with Crippen LogP contribution in [0.5, 0.6) is 17.2 Å². The molecule has 1 atom stereocenters. The van der Waals surface area contributed by atoms with Crippen LogP contribution >= 0.6 is 0 Å². The molecular weight excluding hydrogens is 464 g/mol. The third kappa shape index (κ3) is 5.55. The second-order valence-electron chi connectivity index (χ2n) is 8.04. The summed E-state index contributed by atoms with van der Waals surface area (Å²) in [7, 11) is 0. The van der Waals surface area contributed by atoms with E-state index in [9.17, 15) is 14.4 Å². The first-order valence-electron chi connectivity index (χ1n) is 11.2. The molecule has 184 valence electrons. The van der Waals surface area contributed by atoms with Crippen LogP contribution in [0.3, 0.4) is 0 Å². The fourth-order valence-electron chi connectivity index (χ4n) is 3.97. The molecule has 0 heterocycles. The second-order valence-corrected chi connectivity index (χ2v) is 8.04. The molecule has 3 aromatic carbocycles. The number of ether oxygens (including phenoxy) is 4. The van der Waals surface area contributed by atoms with Crippen LogP contribution in [0.15, 0.2) is 73.3 Å². The Morgan fingerprint density at radius 2 is 1.47 bits per heavy atom. The third-order valence-corrected chi connectivity index (χ3v) is 5.70. The molecule has 8 nitrogen and oxygen atoms in total. The number of carbonyl (C=O) groups is 3. The zero-order valence-electron chi connectivity index (χ0n) is 19.6. The lowest BCUT2D eigenvalue weighted by Gasteiger charge is -2.10. The van der Waals surface area contributed by atoms with Gasteiger partial charge in [-0.15, -0.1) is 0 Å². The first kappa shape index (κ1) is 24.5. The van der Waals surface area contributed by atoms with Gasteiger partial charge in [0.05, 0.1) is 5.56 Å². The topological polar surface area (TPSA) is 108 Å². The van der Waals surface area contributed by atoms with Crippen LogP contribution in [-0.2, 0) is 14.3 Å². The SMILES string of the molecule is C=CC(=O)OCCOc1ccc(C(=O)Oc2ccc3c(c2)C(C)c2cc(OCC(=O)O)ccc2-3)cc1. The second kappa shape index (κ2) is 10.8. The van der Waals surface area contributed by atoms with Gasteiger partial charge in [0.1, 0.15) is 30.5 Å². The van der Waals surface area contributed by atoms with Gasteiger partial charge in [0.15, 0.2) is 6.61 Å². The highest BCUT2D eigenvalue weighted by Gasteiger charge is 2.27. The van der Waals surface area contributed by atoms with Crippen molar-refractivity contribution in [1.82, 2.24) is 0 Å². The quantitative estimate of drug-likeness (QED) is 0.191. The summed E-state index contributed by atoms with van der Waals surface area (Å²) < 4.78 is 21.2. The van der Waals surface area contributed by atoms with Gasteiger partial charge in [-0.1, -0.05) is 25.6 Å². The maximum Gasteiger partial charge on any atom is 0.343 e. The zero-order valence-corrected chi connectivity index (χ0v) is 19.6. The van der Waals surface area contributed by atoms with Crippen molar-refractivity contribution in [2.75, 3.05) is 19.8 Å². The van der Waals surface area contributed by atoms with Crippen molar-refractivity contribution in [3.05, 3.63) is 90.0 Å². The minimum Gasteiger partial charge on any atom is -0.490 e. The number of esters is 2. The normalized spacial score (nSPS) is 13.2. The molecular formula is C28H24O8. The number of carboxylic acid groups (broad SMARTS) is 1. The lowest BCUT2D eigenvalue weighted by atomic mass is 9.99. The number of fused-ring (bicyclic) bond motifs is 3. The first-order valence-corrected chi connectivity index (χ1v) is 11.2. The molecule has 1 unspecified atom stereocenters. The van der Waals surface area contributed by atoms with E-state index in [0.29, 0.717) is 22.8 Å². The average Bonchev–Trinajstić information content (AvgIpc) is 3.16. The summed E-state index contributed by atoms with van der Waals surface area (Å²) in [4.78, 5) is 34.5. The van der Waals surface area contributed by atoms with E-state index in [2.05, 4.69) is 6.58 Å². The van der Waals surface area contributed by atoms with Crippen LogP contribution in [-0.4, -0.2) is 42.8 Å². The Balaban J connectivity index is 1.39. The summed E-state index contributed by atoms with van der Waals surface area (Å²) in [5, 5.41) is 8.84. The number of carbonyl (C=O) groups excluding carboxylic acids is 2. The highest BCUT2D eigenvalue weighted by Crippen LogP contribution is 2.47. The summed E-state index contributed by atoms with van der Waals surface area (Å²) in [6.07, 6.45) is 1.08. The molecule has 0 radical (unpaired) electrons. The molecule has 1 aliphatic rings. The van der Waals surface area contributed by atoms with Gasteiger partial charge in [-0.05, 0) is 70.8 Å². The molecule has 4 rings (SSSR count). The van der Waals surface area contributed by atoms with Crippen molar-refractivity contribution in [3.8, 4) is 28.4 Å². The van der Waals surface area contributed by atoms with Gasteiger partial charge in [-0.3, -0.25) is 0 Å². The molecule has 0 aromatic heterocycles. The largest absolute Gasteiger partial charge is 0.490 e. The van der Waals surface area contributed by atoms with E-state index in [-0.39, 0.29) is 19.1 Å². The van der Waals surface area contributed by atoms with Crippen molar-refractivity contribution in [2.45, 2.75) is 12.8 Å². The van der Waals surface area contributed by atoms with Crippen LogP contribution in [0.2, 0.25) is 0 Å². The number of aliphatic carboxylic acids is 1. The molecule has 1 aliphatic carbocycles. The number of benzene rings is 3. The Morgan fingerprint density at radius 1 is 0.861 bits per heavy atom. The Bertz CT molecular complexity index is 1310. The van der Waals surface area contributed by atoms with E-state index in [4.69, 9.17) is 24.1 Å². The van der Waals surface area contributed by atoms with Gasteiger partial charge in [-0.25, -0.2) is 14.4 Å². The zero-order chi connectivity index (χ0) is 25.7. The highest BCUT2D eigenvalue weighted by molar-refractivity contribution is 5.91. The third-order valence-electron chi connectivity index (χ3n) is 5.70. The van der Waals surface area contributed by atoms with E-state index < -0.39 is 24.5 Å². The van der Waals surface area contributed by atoms with Gasteiger partial charge in [0, 0.05) is 12.0 Å². The van der Waals surface area contributed by atoms with Crippen LogP contribution in [0.25, 0.3) is 11.1 Å². The van der Waals surface area contributed by atoms with Crippen LogP contribution in [0.4, 0.5) is 0 Å². The molecule has 0 bridgehead atoms. The van der Waals surface area contributed by atoms with Crippen LogP contribution in [0.1, 0.15) is 34.3 Å². The van der Waals surface area contributed by atoms with Crippen LogP contribution < -0.4 is 14.2 Å². The summed E-state index contributed by atoms with van der Waals surface area (Å²) in [6, 6.07) is 17.5. The Morgan fingerprint density at radius 3 is 2.11 bits per heavy atom. The first-order chi connectivity index (χ1) is 17.4. The molecule has 1 N–H and O–H groups in total. The Hall–Kier alpha value is -4.59. The fraction of sp³-hybridized carbons (Fsp3) is 0.179. The smallest absolute Gasteiger partial charge is 0.343 e. The monoisotopic (exact) mass is 488 g/mol. The Labute approximate surface area is 207 Å². The Kier molecular flexibility index (Phi) is 7.34. The molecule has 0 saturated heterocycles. The van der Waals surface area contributed by atoms with Crippen molar-refractivity contribution in [1.29, 1.82) is 0 Å². The fourth-order valence-corrected chi connectivity index (χ4v) is 3.97. The maximum atomic E-state index is 12.7. The van der Waals surface area contributed by atoms with Crippen molar-refractivity contribution < 1.29 is 38.4 Å². The maximum absolute atomic E-state index is 12.7. The summed E-state index contributed by atoms with van der Waals surface area (Å²) >= 11 is 0. The molecule has 8 heteroatoms. The molecule has 0 saturated carbocycles. The van der Waals surface area contributed by atoms with Gasteiger partial charge in [-0.2, -0.15) is 0 Å². The summed E-state index contributed by atoms with van der Waals surface area (Å²) in [6.45, 7) is 5.21. The van der Waals surface area contributed by atoms with E-state index in [0.717, 1.165) is 28.3 Å². The molecule has 0 spiro atoms. The molecule has 0 amide bonds. The molecule has 36 heavy (non-hydrogen) atoms. The minimum absolute atomic E-state index is 0.0178. The van der Waals surface area contributed by atoms with E-state index >= 15 is 0 Å². The lowest BCUT2D eigenvalue weighted by molar-refractivity contribution is -0.139. The van der Waals surface area contributed by atoms with Crippen LogP contribution in [0, 0.1) is 0 Å². The summed E-state index contributed by atoms with van der Waals surface area (Å²) in [5.41, 5.74) is 4.45. The van der Waals surface area contributed by atoms with Gasteiger partial charge >= 0.3 is 17.9 Å². The molecule has 0 fully saturated rings. The molecule has 3 aromatic rings. The number of hydrogen-bond acceptors (Lipinski definition) is 7. The van der Waals surface area contributed by atoms with Gasteiger partial charge in [0.2, 0.25) is 0 Å². The highest BCUT2D eigenvalue weighted by atomic mass is 16.6. The van der Waals surface area contributed by atoms with Gasteiger partial charge in [0.25, 0.3) is 0 Å². The molecule has 0 aliphatic heterocycles. The van der Waals surface area contributed by atoms with Gasteiger partial charge < -0.3 is 24.1 Å². The van der Waals surface area contributed by atoms with E-state index in [1.165, 1.54) is 0 Å². The number of rotatable bonds is 10. The minimum atomic E-state index is -1.04. The predicted octanol–water partition coefficient (Wildman–Crippen LogP) is 4.61. The van der Waals surface area contributed by atoms with E-state index in [1.807, 2.05) is 31.2 Å². The van der Waals surface area contributed by atoms with Crippen molar-refractivity contribution in [2.24, 2.45) is 0 Å². The number of carboxylic acids is 1. The number of hydrogen-bond donors (Lipinski definition) is 1. The predicted molar refractivity (Wildman–Crippen MR) is 131 cm³/mol. The standard InChI is InChI=1S/C28H24O8/c1-3-27(31)34-13-12-33-19-6-4-18(5-7-19)28(32)36-21-9-11-23-22-10-8-20(35-16-26(29)30)14-24(22)17(2)25(23)15-21/h3-11,14-15,17H,1,12-13,16H2,2H3,(H,29,30). The lowest BCUT2D eigenvalue weighted by Crippen LogP contribution is -2.11. The van der Waals surface area contributed by atoms with Crippen molar-refractivity contribution in [3.63, 3.8) is 0 Å².